The van der Waals surface area contributed by atoms with Gasteiger partial charge < -0.3 is 24.6 Å². The molecule has 2 aromatic rings. The van der Waals surface area contributed by atoms with Crippen molar-refractivity contribution in [2.24, 2.45) is 11.8 Å². The summed E-state index contributed by atoms with van der Waals surface area (Å²) >= 11 is 7.58. The maximum absolute atomic E-state index is 10.9. The van der Waals surface area contributed by atoms with E-state index in [9.17, 15) is 5.11 Å². The molecule has 9 nitrogen and oxygen atoms in total. The maximum atomic E-state index is 10.9. The van der Waals surface area contributed by atoms with E-state index >= 15 is 0 Å². The highest BCUT2D eigenvalue weighted by molar-refractivity contribution is 8.68. The fourth-order valence-electron chi connectivity index (χ4n) is 4.95. The van der Waals surface area contributed by atoms with Gasteiger partial charge in [0.25, 0.3) is 0 Å². The largest absolute Gasteiger partial charge is 0.388 e. The molecular weight excluding hydrogens is 481 g/mol. The number of fused-ring (bicyclic) bond motifs is 2. The van der Waals surface area contributed by atoms with Gasteiger partial charge in [-0.3, -0.25) is 4.57 Å². The molecule has 0 radical (unpaired) electrons. The first-order valence-corrected chi connectivity index (χ1v) is 15.2. The number of aliphatic hydroxyl groups is 1. The van der Waals surface area contributed by atoms with Crippen LogP contribution >= 0.6 is 17.1 Å². The average Bonchev–Trinajstić information content (AvgIpc) is 3.39. The number of hydrogen-bond donors (Lipinski definition) is 2. The molecule has 2 aliphatic heterocycles. The van der Waals surface area contributed by atoms with Gasteiger partial charge in [0.05, 0.1) is 25.1 Å². The second kappa shape index (κ2) is 8.55. The second-order valence-corrected chi connectivity index (χ2v) is 16.2. The van der Waals surface area contributed by atoms with Gasteiger partial charge in [-0.25, -0.2) is 15.0 Å². The molecule has 0 spiro atoms. The molecule has 3 fully saturated rings. The van der Waals surface area contributed by atoms with Gasteiger partial charge in [-0.2, -0.15) is 0 Å². The minimum absolute atomic E-state index is 0.0267. The fourth-order valence-corrected chi connectivity index (χ4v) is 12.1. The van der Waals surface area contributed by atoms with E-state index in [1.807, 2.05) is 6.92 Å². The molecule has 5 rings (SSSR count). The van der Waals surface area contributed by atoms with E-state index < -0.39 is 18.0 Å². The van der Waals surface area contributed by atoms with Crippen molar-refractivity contribution in [3.63, 3.8) is 0 Å². The number of imidazole rings is 1. The number of aromatic nitrogens is 4. The van der Waals surface area contributed by atoms with Crippen molar-refractivity contribution in [1.82, 2.24) is 19.5 Å². The Hall–Kier alpha value is -1.07. The van der Waals surface area contributed by atoms with Crippen molar-refractivity contribution in [2.75, 3.05) is 12.3 Å². The lowest BCUT2D eigenvalue weighted by Gasteiger charge is -2.37. The van der Waals surface area contributed by atoms with Crippen LogP contribution in [0.3, 0.4) is 0 Å². The smallest absolute Gasteiger partial charge is 0.248 e. The van der Waals surface area contributed by atoms with Crippen LogP contribution in [-0.4, -0.2) is 54.3 Å². The van der Waals surface area contributed by atoms with Crippen molar-refractivity contribution < 1.29 is 18.9 Å². The molecule has 0 unspecified atom stereocenters. The van der Waals surface area contributed by atoms with E-state index in [-0.39, 0.29) is 35.3 Å². The summed E-state index contributed by atoms with van der Waals surface area (Å²) in [5, 5.41) is 10.9. The molecule has 2 aromatic heterocycles. The molecule has 3 aliphatic rings. The number of ether oxygens (including phenoxy) is 1. The molecular formula is C21H30N5O4PS2. The lowest BCUT2D eigenvalue weighted by molar-refractivity contribution is -0.0464. The zero-order chi connectivity index (χ0) is 23.5. The summed E-state index contributed by atoms with van der Waals surface area (Å²) < 4.78 is 20.5. The third kappa shape index (κ3) is 4.16. The van der Waals surface area contributed by atoms with Crippen LogP contribution in [0.1, 0.15) is 46.3 Å². The van der Waals surface area contributed by atoms with Crippen LogP contribution in [0.2, 0.25) is 0 Å². The Labute approximate surface area is 202 Å². The molecule has 180 valence electrons. The fraction of sp³-hybridized carbons (Fsp3) is 0.667. The van der Waals surface area contributed by atoms with Gasteiger partial charge in [0.15, 0.2) is 17.7 Å². The number of rotatable bonds is 5. The van der Waals surface area contributed by atoms with Crippen LogP contribution in [0.5, 0.6) is 0 Å². The van der Waals surface area contributed by atoms with Crippen molar-refractivity contribution in [1.29, 1.82) is 0 Å². The van der Waals surface area contributed by atoms with Gasteiger partial charge in [0.1, 0.15) is 17.9 Å². The van der Waals surface area contributed by atoms with Crippen LogP contribution < -0.4 is 5.73 Å². The Morgan fingerprint density at radius 3 is 3.03 bits per heavy atom. The predicted molar refractivity (Wildman–Crippen MR) is 132 cm³/mol. The summed E-state index contributed by atoms with van der Waals surface area (Å²) in [6.45, 7) is 10.7. The zero-order valence-corrected chi connectivity index (χ0v) is 21.5. The minimum atomic E-state index is -2.52. The second-order valence-electron chi connectivity index (χ2n) is 9.56. The van der Waals surface area contributed by atoms with Gasteiger partial charge in [0.2, 0.25) is 5.69 Å². The van der Waals surface area contributed by atoms with Crippen molar-refractivity contribution in [3.05, 3.63) is 24.8 Å². The highest BCUT2D eigenvalue weighted by Crippen LogP contribution is 2.75. The van der Waals surface area contributed by atoms with Gasteiger partial charge in [-0.05, 0) is 50.8 Å². The predicted octanol–water partition coefficient (Wildman–Crippen LogP) is 3.81. The van der Waals surface area contributed by atoms with E-state index in [0.717, 1.165) is 19.3 Å². The van der Waals surface area contributed by atoms with E-state index in [2.05, 4.69) is 35.4 Å². The Morgan fingerprint density at radius 2 is 2.27 bits per heavy atom. The average molecular weight is 512 g/mol. The third-order valence-corrected chi connectivity index (χ3v) is 13.1. The molecule has 4 heterocycles. The summed E-state index contributed by atoms with van der Waals surface area (Å²) in [7, 11) is 0. The van der Waals surface area contributed by atoms with Crippen LogP contribution in [0.4, 0.5) is 5.82 Å². The number of allylic oxidation sites excluding steroid dienone is 1. The number of aliphatic hydroxyl groups excluding tert-OH is 1. The molecule has 1 saturated carbocycles. The lowest BCUT2D eigenvalue weighted by Crippen LogP contribution is -2.39. The van der Waals surface area contributed by atoms with Crippen molar-refractivity contribution in [2.45, 2.75) is 69.3 Å². The number of anilines is 1. The quantitative estimate of drug-likeness (QED) is 0.453. The molecule has 0 bridgehead atoms. The molecule has 12 heteroatoms. The first kappa shape index (κ1) is 23.7. The highest BCUT2D eigenvalue weighted by Gasteiger charge is 2.54. The molecule has 1 aliphatic carbocycles. The molecule has 2 saturated heterocycles. The van der Waals surface area contributed by atoms with Crippen LogP contribution in [-0.2, 0) is 25.6 Å². The van der Waals surface area contributed by atoms with Crippen LogP contribution in [0, 0.1) is 11.8 Å². The van der Waals surface area contributed by atoms with E-state index in [1.165, 1.54) is 11.9 Å². The van der Waals surface area contributed by atoms with Gasteiger partial charge in [0, 0.05) is 10.7 Å². The van der Waals surface area contributed by atoms with E-state index in [0.29, 0.717) is 17.1 Å². The molecule has 33 heavy (non-hydrogen) atoms. The van der Waals surface area contributed by atoms with Crippen LogP contribution in [0.25, 0.3) is 11.2 Å². The third-order valence-electron chi connectivity index (χ3n) is 7.23. The summed E-state index contributed by atoms with van der Waals surface area (Å²) in [6, 6.07) is 0. The number of nitrogen functional groups attached to an aromatic ring is 1. The van der Waals surface area contributed by atoms with Gasteiger partial charge >= 0.3 is 0 Å². The van der Waals surface area contributed by atoms with Crippen molar-refractivity contribution in [3.8, 4) is 0 Å². The molecule has 8 atom stereocenters. The Morgan fingerprint density at radius 1 is 1.48 bits per heavy atom. The Bertz CT molecular complexity index is 1130. The standard InChI is InChI=1S/C21H30N5O4PS2/c1-11(2)13-5-6-21(4)15(7-13)30-31(32,33-21)28-8-14-12(3)17(27)20(29-14)26-10-25-16-18(22)23-9-24-19(16)26/h9-10,12-15,17,20,27H,1,5-8H2,2-4H3,(H2,22,23,24)/t12-,13-,14-,15+,17-,20-,21+,31+/m1/s1. The molecule has 0 amide bonds. The zero-order valence-electron chi connectivity index (χ0n) is 19.0. The first-order valence-electron chi connectivity index (χ1n) is 11.2. The maximum Gasteiger partial charge on any atom is 0.248 e. The number of nitrogens with two attached hydrogens (primary N) is 1. The Kier molecular flexibility index (Phi) is 6.13. The number of nitrogens with zero attached hydrogens (tertiary/aromatic N) is 4. The molecule has 3 N–H and O–H groups in total. The summed E-state index contributed by atoms with van der Waals surface area (Å²) in [5.41, 5.74) is 5.59. The first-order chi connectivity index (χ1) is 15.6. The summed E-state index contributed by atoms with van der Waals surface area (Å²) in [6.07, 6.45) is 4.35. The normalized spacial score (nSPS) is 40.8. The Balaban J connectivity index is 1.27. The molecule has 0 aromatic carbocycles. The van der Waals surface area contributed by atoms with Crippen molar-refractivity contribution >= 4 is 45.9 Å². The van der Waals surface area contributed by atoms with Gasteiger partial charge in [-0.15, -0.1) is 0 Å². The van der Waals surface area contributed by atoms with E-state index in [1.54, 1.807) is 22.3 Å². The highest BCUT2D eigenvalue weighted by atomic mass is 32.9. The number of hydrogen-bond acceptors (Lipinski definition) is 10. The summed E-state index contributed by atoms with van der Waals surface area (Å²) in [4.78, 5) is 12.5. The summed E-state index contributed by atoms with van der Waals surface area (Å²) in [5.74, 6) is 0.588. The van der Waals surface area contributed by atoms with E-state index in [4.69, 9.17) is 31.3 Å². The minimum Gasteiger partial charge on any atom is -0.388 e. The monoisotopic (exact) mass is 511 g/mol. The lowest BCUT2D eigenvalue weighted by atomic mass is 9.77. The van der Waals surface area contributed by atoms with Gasteiger partial charge in [-0.1, -0.05) is 30.5 Å². The topological polar surface area (TPSA) is 118 Å². The SMILES string of the molecule is C=C(C)[C@@H]1CC[C@]2(C)S[P@@](=S)(OC[C@H]3O[C@@H](n4cnc5c(N)ncnc54)[C@H](O)[C@@H]3C)O[C@H]2C1. The van der Waals surface area contributed by atoms with Crippen LogP contribution in [0.15, 0.2) is 24.8 Å².